The number of aryl methyl sites for hydroxylation is 1. The molecule has 0 bridgehead atoms. The summed E-state index contributed by atoms with van der Waals surface area (Å²) in [5.74, 6) is 0.777. The number of aliphatic hydroxyl groups is 1. The minimum atomic E-state index is -0.459. The summed E-state index contributed by atoms with van der Waals surface area (Å²) in [6.45, 7) is 1.71. The van der Waals surface area contributed by atoms with Gasteiger partial charge in [-0.2, -0.15) is 0 Å². The molecular weight excluding hydrogens is 282 g/mol. The molecule has 2 N–H and O–H groups in total. The van der Waals surface area contributed by atoms with E-state index in [4.69, 9.17) is 4.42 Å². The van der Waals surface area contributed by atoms with Gasteiger partial charge in [-0.3, -0.25) is 4.79 Å². The number of carbonyl (C=O) groups is 1. The number of aromatic nitrogens is 2. The molecule has 0 radical (unpaired) electrons. The van der Waals surface area contributed by atoms with E-state index in [1.54, 1.807) is 31.2 Å². The van der Waals surface area contributed by atoms with Gasteiger partial charge in [-0.05, 0) is 37.1 Å². The van der Waals surface area contributed by atoms with Gasteiger partial charge in [0, 0.05) is 18.1 Å². The third-order valence-corrected chi connectivity index (χ3v) is 4.16. The second kappa shape index (κ2) is 5.88. The van der Waals surface area contributed by atoms with E-state index in [0.717, 1.165) is 31.2 Å². The van der Waals surface area contributed by atoms with Crippen LogP contribution in [0.1, 0.15) is 41.9 Å². The lowest BCUT2D eigenvalue weighted by molar-refractivity contribution is 0.0838. The van der Waals surface area contributed by atoms with E-state index in [1.807, 2.05) is 0 Å². The Bertz CT molecular complexity index is 658. The smallest absolute Gasteiger partial charge is 0.251 e. The number of nitrogens with one attached hydrogen (secondary N) is 1. The highest BCUT2D eigenvalue weighted by Crippen LogP contribution is 2.29. The van der Waals surface area contributed by atoms with Crippen LogP contribution in [0.2, 0.25) is 0 Å². The summed E-state index contributed by atoms with van der Waals surface area (Å²) >= 11 is 0. The molecule has 0 saturated heterocycles. The van der Waals surface area contributed by atoms with Crippen LogP contribution in [-0.2, 0) is 0 Å². The van der Waals surface area contributed by atoms with E-state index >= 15 is 0 Å². The highest BCUT2D eigenvalue weighted by Gasteiger charge is 2.34. The number of hydrogen-bond acceptors (Lipinski definition) is 5. The van der Waals surface area contributed by atoms with Crippen molar-refractivity contribution in [1.29, 1.82) is 0 Å². The van der Waals surface area contributed by atoms with E-state index in [0.29, 0.717) is 17.3 Å². The molecule has 22 heavy (non-hydrogen) atoms. The summed E-state index contributed by atoms with van der Waals surface area (Å²) in [5.41, 5.74) is 0.869. The van der Waals surface area contributed by atoms with Crippen molar-refractivity contribution in [3.05, 3.63) is 35.7 Å². The molecule has 3 rings (SSSR count). The van der Waals surface area contributed by atoms with E-state index in [9.17, 15) is 9.90 Å². The number of rotatable bonds is 4. The minimum Gasteiger partial charge on any atom is -0.421 e. The molecule has 1 fully saturated rings. The highest BCUT2D eigenvalue weighted by molar-refractivity contribution is 5.95. The van der Waals surface area contributed by atoms with Crippen LogP contribution in [0.15, 0.2) is 28.7 Å². The molecule has 0 aliphatic heterocycles. The zero-order valence-corrected chi connectivity index (χ0v) is 12.5. The summed E-state index contributed by atoms with van der Waals surface area (Å²) < 4.78 is 5.36. The Morgan fingerprint density at radius 3 is 2.50 bits per heavy atom. The zero-order valence-electron chi connectivity index (χ0n) is 12.5. The monoisotopic (exact) mass is 301 g/mol. The fraction of sp³-hybridized carbons (Fsp3) is 0.438. The second-order valence-corrected chi connectivity index (χ2v) is 5.80. The number of benzene rings is 1. The fourth-order valence-corrected chi connectivity index (χ4v) is 2.86. The molecule has 1 amide bonds. The Balaban J connectivity index is 1.73. The number of amides is 1. The van der Waals surface area contributed by atoms with Gasteiger partial charge < -0.3 is 14.8 Å². The maximum Gasteiger partial charge on any atom is 0.251 e. The predicted molar refractivity (Wildman–Crippen MR) is 80.2 cm³/mol. The molecule has 0 atom stereocenters. The van der Waals surface area contributed by atoms with Crippen molar-refractivity contribution in [2.45, 2.75) is 38.1 Å². The average Bonchev–Trinajstić information content (AvgIpc) is 3.17. The largest absolute Gasteiger partial charge is 0.421 e. The van der Waals surface area contributed by atoms with Crippen LogP contribution in [0.3, 0.4) is 0 Å². The molecule has 1 aliphatic carbocycles. The van der Waals surface area contributed by atoms with Gasteiger partial charge in [0.25, 0.3) is 5.91 Å². The fourth-order valence-electron chi connectivity index (χ4n) is 2.86. The highest BCUT2D eigenvalue weighted by atomic mass is 16.4. The van der Waals surface area contributed by atoms with Crippen LogP contribution in [-0.4, -0.2) is 33.4 Å². The third kappa shape index (κ3) is 2.87. The van der Waals surface area contributed by atoms with Crippen LogP contribution in [0, 0.1) is 6.92 Å². The molecule has 6 nitrogen and oxygen atoms in total. The van der Waals surface area contributed by atoms with Crippen LogP contribution < -0.4 is 5.32 Å². The van der Waals surface area contributed by atoms with Crippen molar-refractivity contribution in [1.82, 2.24) is 15.5 Å². The summed E-state index contributed by atoms with van der Waals surface area (Å²) in [6, 6.07) is 7.01. The maximum atomic E-state index is 12.3. The van der Waals surface area contributed by atoms with Gasteiger partial charge in [0.15, 0.2) is 0 Å². The lowest BCUT2D eigenvalue weighted by atomic mass is 9.98. The van der Waals surface area contributed by atoms with Crippen molar-refractivity contribution in [2.75, 3.05) is 6.61 Å². The molecule has 1 heterocycles. The van der Waals surface area contributed by atoms with Crippen molar-refractivity contribution < 1.29 is 14.3 Å². The Kier molecular flexibility index (Phi) is 3.94. The first-order chi connectivity index (χ1) is 10.6. The van der Waals surface area contributed by atoms with Crippen molar-refractivity contribution in [2.24, 2.45) is 0 Å². The Morgan fingerprint density at radius 1 is 1.27 bits per heavy atom. The van der Waals surface area contributed by atoms with Gasteiger partial charge >= 0.3 is 0 Å². The molecule has 116 valence electrons. The Labute approximate surface area is 128 Å². The van der Waals surface area contributed by atoms with Gasteiger partial charge in [0.2, 0.25) is 11.8 Å². The lowest BCUT2D eigenvalue weighted by Crippen LogP contribution is -2.49. The maximum absolute atomic E-state index is 12.3. The summed E-state index contributed by atoms with van der Waals surface area (Å²) in [5, 5.41) is 20.3. The first-order valence-corrected chi connectivity index (χ1v) is 7.46. The molecule has 0 unspecified atom stereocenters. The molecule has 1 aliphatic rings. The quantitative estimate of drug-likeness (QED) is 0.902. The van der Waals surface area contributed by atoms with Gasteiger partial charge in [-0.1, -0.05) is 12.8 Å². The zero-order chi connectivity index (χ0) is 15.6. The van der Waals surface area contributed by atoms with Gasteiger partial charge in [0.05, 0.1) is 12.1 Å². The van der Waals surface area contributed by atoms with Crippen molar-refractivity contribution >= 4 is 5.91 Å². The van der Waals surface area contributed by atoms with Crippen molar-refractivity contribution in [3.8, 4) is 11.5 Å². The summed E-state index contributed by atoms with van der Waals surface area (Å²) in [4.78, 5) is 12.3. The van der Waals surface area contributed by atoms with Gasteiger partial charge in [-0.15, -0.1) is 10.2 Å². The first-order valence-electron chi connectivity index (χ1n) is 7.46. The standard InChI is InChI=1S/C16H19N3O3/c1-11-18-19-15(22-11)13-6-4-12(5-7-13)14(21)17-16(10-20)8-2-3-9-16/h4-7,20H,2-3,8-10H2,1H3,(H,17,21). The third-order valence-electron chi connectivity index (χ3n) is 4.16. The number of nitrogens with zero attached hydrogens (tertiary/aromatic N) is 2. The van der Waals surface area contributed by atoms with E-state index in [1.165, 1.54) is 0 Å². The summed E-state index contributed by atoms with van der Waals surface area (Å²) in [6.07, 6.45) is 3.73. The normalized spacial score (nSPS) is 16.6. The molecule has 6 heteroatoms. The number of hydrogen-bond donors (Lipinski definition) is 2. The number of carbonyl (C=O) groups excluding carboxylic acids is 1. The van der Waals surface area contributed by atoms with Crippen molar-refractivity contribution in [3.63, 3.8) is 0 Å². The topological polar surface area (TPSA) is 88.2 Å². The molecule has 0 spiro atoms. The second-order valence-electron chi connectivity index (χ2n) is 5.80. The van der Waals surface area contributed by atoms with Gasteiger partial charge in [0.1, 0.15) is 0 Å². The van der Waals surface area contributed by atoms with Gasteiger partial charge in [-0.25, -0.2) is 0 Å². The Morgan fingerprint density at radius 2 is 1.95 bits per heavy atom. The van der Waals surface area contributed by atoms with E-state index in [-0.39, 0.29) is 12.5 Å². The average molecular weight is 301 g/mol. The van der Waals surface area contributed by atoms with E-state index < -0.39 is 5.54 Å². The first kappa shape index (κ1) is 14.7. The van der Waals surface area contributed by atoms with Crippen LogP contribution >= 0.6 is 0 Å². The SMILES string of the molecule is Cc1nnc(-c2ccc(C(=O)NC3(CO)CCCC3)cc2)o1. The minimum absolute atomic E-state index is 0.0158. The Hall–Kier alpha value is -2.21. The number of aliphatic hydroxyl groups excluding tert-OH is 1. The molecule has 2 aromatic rings. The molecule has 1 saturated carbocycles. The molecule has 1 aromatic heterocycles. The van der Waals surface area contributed by atoms with E-state index in [2.05, 4.69) is 15.5 Å². The molecule has 1 aromatic carbocycles. The van der Waals surface area contributed by atoms with Crippen LogP contribution in [0.5, 0.6) is 0 Å². The van der Waals surface area contributed by atoms with Crippen LogP contribution in [0.4, 0.5) is 0 Å². The van der Waals surface area contributed by atoms with Crippen LogP contribution in [0.25, 0.3) is 11.5 Å². The molecular formula is C16H19N3O3. The summed E-state index contributed by atoms with van der Waals surface area (Å²) in [7, 11) is 0. The predicted octanol–water partition coefficient (Wildman–Crippen LogP) is 2.08. The lowest BCUT2D eigenvalue weighted by Gasteiger charge is -2.28.